The molecule has 4 N–H and O–H groups in total. The van der Waals surface area contributed by atoms with Crippen LogP contribution >= 0.6 is 0 Å². The summed E-state index contributed by atoms with van der Waals surface area (Å²) in [5.41, 5.74) is 6.60. The van der Waals surface area contributed by atoms with Gasteiger partial charge in [0.25, 0.3) is 0 Å². The molecule has 0 amide bonds. The molecule has 1 heterocycles. The van der Waals surface area contributed by atoms with Crippen molar-refractivity contribution in [3.8, 4) is 0 Å². The number of sulfonamides is 1. The van der Waals surface area contributed by atoms with E-state index in [-0.39, 0.29) is 4.90 Å². The topological polar surface area (TPSA) is 89.4 Å². The van der Waals surface area contributed by atoms with Crippen LogP contribution < -0.4 is 15.8 Å². The lowest BCUT2D eigenvalue weighted by molar-refractivity contribution is 0.590. The third kappa shape index (κ3) is 1.91. The Morgan fingerprint density at radius 3 is 2.40 bits per heavy atom. The number of rotatable bonds is 2. The Labute approximate surface area is 88.7 Å². The quantitative estimate of drug-likeness (QED) is 0.702. The van der Waals surface area contributed by atoms with E-state index >= 15 is 0 Å². The average molecular weight is 227 g/mol. The lowest BCUT2D eigenvalue weighted by Crippen LogP contribution is -2.38. The maximum atomic E-state index is 11.3. The molecule has 1 aliphatic rings. The summed E-state index contributed by atoms with van der Waals surface area (Å²) in [5, 5.41) is 5.13. The minimum absolute atomic E-state index is 0.113. The Hall–Kier alpha value is -1.27. The first-order valence-electron chi connectivity index (χ1n) is 4.66. The third-order valence-electron chi connectivity index (χ3n) is 2.49. The molecule has 6 heteroatoms. The van der Waals surface area contributed by atoms with Crippen LogP contribution in [0.4, 0.5) is 11.4 Å². The Kier molecular flexibility index (Phi) is 2.32. The van der Waals surface area contributed by atoms with E-state index in [4.69, 9.17) is 10.9 Å². The van der Waals surface area contributed by atoms with Crippen LogP contribution in [0.5, 0.6) is 0 Å². The first-order chi connectivity index (χ1) is 6.98. The number of nitrogens with zero attached hydrogens (tertiary/aromatic N) is 1. The van der Waals surface area contributed by atoms with Crippen molar-refractivity contribution in [2.75, 3.05) is 23.7 Å². The lowest BCUT2D eigenvalue weighted by Gasteiger charge is -2.34. The molecule has 0 unspecified atom stereocenters. The Morgan fingerprint density at radius 1 is 1.27 bits per heavy atom. The predicted molar refractivity (Wildman–Crippen MR) is 59.1 cm³/mol. The minimum Gasteiger partial charge on any atom is -0.399 e. The van der Waals surface area contributed by atoms with E-state index in [0.29, 0.717) is 11.4 Å². The maximum Gasteiger partial charge on any atom is 0.240 e. The summed E-state index contributed by atoms with van der Waals surface area (Å²) in [6, 6.07) is 4.79. The SMILES string of the molecule is Nc1ccc(N2CCC2)c(S(N)(=O)=O)c1. The van der Waals surface area contributed by atoms with Crippen LogP contribution in [0.15, 0.2) is 23.1 Å². The van der Waals surface area contributed by atoms with Crippen molar-refractivity contribution in [3.63, 3.8) is 0 Å². The minimum atomic E-state index is -3.70. The molecule has 0 bridgehead atoms. The van der Waals surface area contributed by atoms with Crippen LogP contribution in [0, 0.1) is 0 Å². The molecule has 0 aliphatic carbocycles. The predicted octanol–water partition coefficient (Wildman–Crippen LogP) is 0.126. The second-order valence-corrected chi connectivity index (χ2v) is 5.14. The van der Waals surface area contributed by atoms with Crippen LogP contribution in [-0.2, 0) is 10.0 Å². The van der Waals surface area contributed by atoms with Gasteiger partial charge in [-0.15, -0.1) is 0 Å². The second-order valence-electron chi connectivity index (χ2n) is 3.61. The van der Waals surface area contributed by atoms with Gasteiger partial charge in [-0.25, -0.2) is 13.6 Å². The Bertz CT molecular complexity index is 480. The zero-order valence-electron chi connectivity index (χ0n) is 8.18. The molecule has 0 saturated carbocycles. The largest absolute Gasteiger partial charge is 0.399 e. The molecule has 2 rings (SSSR count). The van der Waals surface area contributed by atoms with E-state index in [2.05, 4.69) is 0 Å². The van der Waals surface area contributed by atoms with Gasteiger partial charge in [0.05, 0.1) is 5.69 Å². The number of anilines is 2. The number of nitrogens with two attached hydrogens (primary N) is 2. The summed E-state index contributed by atoms with van der Waals surface area (Å²) in [5.74, 6) is 0. The van der Waals surface area contributed by atoms with E-state index in [1.807, 2.05) is 4.90 Å². The van der Waals surface area contributed by atoms with Gasteiger partial charge in [0, 0.05) is 18.8 Å². The summed E-state index contributed by atoms with van der Waals surface area (Å²) in [7, 11) is -3.70. The van der Waals surface area contributed by atoms with Crippen molar-refractivity contribution in [3.05, 3.63) is 18.2 Å². The number of hydrogen-bond donors (Lipinski definition) is 2. The van der Waals surface area contributed by atoms with E-state index in [9.17, 15) is 8.42 Å². The highest BCUT2D eigenvalue weighted by Crippen LogP contribution is 2.29. The number of nitrogen functional groups attached to an aromatic ring is 1. The van der Waals surface area contributed by atoms with E-state index in [1.165, 1.54) is 6.07 Å². The lowest BCUT2D eigenvalue weighted by atomic mass is 10.1. The standard InChI is InChI=1S/C9H13N3O2S/c10-7-2-3-8(12-4-1-5-12)9(6-7)15(11,13)14/h2-3,6H,1,4-5,10H2,(H2,11,13,14). The van der Waals surface area contributed by atoms with Crippen molar-refractivity contribution in [1.29, 1.82) is 0 Å². The highest BCUT2D eigenvalue weighted by Gasteiger charge is 2.22. The smallest absolute Gasteiger partial charge is 0.240 e. The summed E-state index contributed by atoms with van der Waals surface area (Å²) in [6.45, 7) is 1.73. The molecule has 15 heavy (non-hydrogen) atoms. The molecular formula is C9H13N3O2S. The molecule has 1 aliphatic heterocycles. The van der Waals surface area contributed by atoms with Gasteiger partial charge in [0.15, 0.2) is 0 Å². The van der Waals surface area contributed by atoms with E-state index in [0.717, 1.165) is 19.5 Å². The van der Waals surface area contributed by atoms with E-state index in [1.54, 1.807) is 12.1 Å². The van der Waals surface area contributed by atoms with Crippen LogP contribution in [-0.4, -0.2) is 21.5 Å². The zero-order chi connectivity index (χ0) is 11.1. The molecular weight excluding hydrogens is 214 g/mol. The molecule has 0 spiro atoms. The molecule has 82 valence electrons. The molecule has 1 saturated heterocycles. The molecule has 0 aromatic heterocycles. The first-order valence-corrected chi connectivity index (χ1v) is 6.20. The highest BCUT2D eigenvalue weighted by molar-refractivity contribution is 7.89. The fraction of sp³-hybridized carbons (Fsp3) is 0.333. The van der Waals surface area contributed by atoms with Crippen LogP contribution in [0.25, 0.3) is 0 Å². The molecule has 1 aromatic rings. The van der Waals surface area contributed by atoms with Gasteiger partial charge < -0.3 is 10.6 Å². The van der Waals surface area contributed by atoms with Gasteiger partial charge in [0.1, 0.15) is 4.90 Å². The zero-order valence-corrected chi connectivity index (χ0v) is 9.00. The van der Waals surface area contributed by atoms with Gasteiger partial charge in [-0.3, -0.25) is 0 Å². The van der Waals surface area contributed by atoms with Crippen LogP contribution in [0.1, 0.15) is 6.42 Å². The van der Waals surface area contributed by atoms with Gasteiger partial charge >= 0.3 is 0 Å². The number of primary sulfonamides is 1. The molecule has 0 radical (unpaired) electrons. The van der Waals surface area contributed by atoms with Gasteiger partial charge in [-0.05, 0) is 24.6 Å². The van der Waals surface area contributed by atoms with Crippen LogP contribution in [0.3, 0.4) is 0 Å². The van der Waals surface area contributed by atoms with Crippen molar-refractivity contribution in [2.24, 2.45) is 5.14 Å². The van der Waals surface area contributed by atoms with E-state index < -0.39 is 10.0 Å². The third-order valence-corrected chi connectivity index (χ3v) is 3.43. The van der Waals surface area contributed by atoms with Crippen molar-refractivity contribution >= 4 is 21.4 Å². The summed E-state index contributed by atoms with van der Waals surface area (Å²) in [4.78, 5) is 2.08. The van der Waals surface area contributed by atoms with Crippen molar-refractivity contribution in [1.82, 2.24) is 0 Å². The van der Waals surface area contributed by atoms with Crippen molar-refractivity contribution < 1.29 is 8.42 Å². The Balaban J connectivity index is 2.53. The summed E-state index contributed by atoms with van der Waals surface area (Å²) >= 11 is 0. The molecule has 1 aromatic carbocycles. The average Bonchev–Trinajstić information content (AvgIpc) is 2.03. The monoisotopic (exact) mass is 227 g/mol. The van der Waals surface area contributed by atoms with Gasteiger partial charge in [0.2, 0.25) is 10.0 Å². The summed E-state index contributed by atoms with van der Waals surface area (Å²) in [6.07, 6.45) is 1.08. The molecule has 1 fully saturated rings. The normalized spacial score (nSPS) is 16.2. The molecule has 5 nitrogen and oxygen atoms in total. The van der Waals surface area contributed by atoms with Gasteiger partial charge in [-0.2, -0.15) is 0 Å². The fourth-order valence-electron chi connectivity index (χ4n) is 1.58. The number of hydrogen-bond acceptors (Lipinski definition) is 4. The maximum absolute atomic E-state index is 11.3. The second kappa shape index (κ2) is 3.39. The van der Waals surface area contributed by atoms with Gasteiger partial charge in [-0.1, -0.05) is 0 Å². The highest BCUT2D eigenvalue weighted by atomic mass is 32.2. The molecule has 0 atom stereocenters. The Morgan fingerprint density at radius 2 is 1.93 bits per heavy atom. The van der Waals surface area contributed by atoms with Crippen LogP contribution in [0.2, 0.25) is 0 Å². The summed E-state index contributed by atoms with van der Waals surface area (Å²) < 4.78 is 22.7. The fourth-order valence-corrected chi connectivity index (χ4v) is 2.37. The first kappa shape index (κ1) is 10.3. The van der Waals surface area contributed by atoms with Crippen molar-refractivity contribution in [2.45, 2.75) is 11.3 Å². The number of benzene rings is 1.